The van der Waals surface area contributed by atoms with Crippen molar-refractivity contribution in [1.29, 1.82) is 0 Å². The summed E-state index contributed by atoms with van der Waals surface area (Å²) in [5.41, 5.74) is 13.2. The number of anilines is 1. The van der Waals surface area contributed by atoms with Crippen molar-refractivity contribution in [1.82, 2.24) is 0 Å². The number of nitrogens with two attached hydrogens (primary N) is 1. The maximum Gasteiger partial charge on any atom is 0.296 e. The van der Waals surface area contributed by atoms with Crippen molar-refractivity contribution in [2.24, 2.45) is 15.3 Å². The third-order valence-corrected chi connectivity index (χ3v) is 6.03. The van der Waals surface area contributed by atoms with Gasteiger partial charge < -0.3 is 15.6 Å². The van der Waals surface area contributed by atoms with E-state index in [4.69, 9.17) is 16.0 Å². The molecule has 0 aliphatic heterocycles. The van der Waals surface area contributed by atoms with Gasteiger partial charge in [0.1, 0.15) is 26.9 Å². The first-order valence-electron chi connectivity index (χ1n) is 8.56. The number of methoxy groups -OCH3 is 1. The van der Waals surface area contributed by atoms with E-state index in [2.05, 4.69) is 20.3 Å². The zero-order valence-electron chi connectivity index (χ0n) is 16.5. The Morgan fingerprint density at radius 3 is 2.21 bits per heavy atom. The molecule has 16 heteroatoms. The molecule has 0 bridgehead atoms. The number of aromatic hydroxyl groups is 1. The molecule has 33 heavy (non-hydrogen) atoms. The fourth-order valence-corrected chi connectivity index (χ4v) is 4.22. The first kappa shape index (κ1) is 23.7. The van der Waals surface area contributed by atoms with Crippen molar-refractivity contribution in [2.45, 2.75) is 9.79 Å². The van der Waals surface area contributed by atoms with Crippen molar-refractivity contribution in [2.75, 3.05) is 12.8 Å². The highest BCUT2D eigenvalue weighted by Gasteiger charge is 2.24. The van der Waals surface area contributed by atoms with Gasteiger partial charge in [-0.05, 0) is 41.2 Å². The van der Waals surface area contributed by atoms with Gasteiger partial charge >= 0.3 is 0 Å². The molecule has 0 saturated carbocycles. The van der Waals surface area contributed by atoms with Gasteiger partial charge in [-0.25, -0.2) is 0 Å². The minimum absolute atomic E-state index is 0.00968. The van der Waals surface area contributed by atoms with Gasteiger partial charge in [0.05, 0.1) is 12.8 Å². The van der Waals surface area contributed by atoms with E-state index in [1.165, 1.54) is 25.3 Å². The third kappa shape index (κ3) is 4.79. The molecule has 0 heterocycles. The lowest BCUT2D eigenvalue weighted by Gasteiger charge is -2.11. The largest absolute Gasteiger partial charge is 0.505 e. The van der Waals surface area contributed by atoms with Crippen LogP contribution in [-0.2, 0) is 20.2 Å². The summed E-state index contributed by atoms with van der Waals surface area (Å²) in [5.74, 6) is -0.793. The minimum Gasteiger partial charge on any atom is -0.505 e. The fourth-order valence-electron chi connectivity index (χ4n) is 2.92. The van der Waals surface area contributed by atoms with E-state index in [0.29, 0.717) is 0 Å². The monoisotopic (exact) mass is 494 g/mol. The molecule has 0 saturated heterocycles. The highest BCUT2D eigenvalue weighted by Crippen LogP contribution is 2.46. The molecule has 3 rings (SSSR count). The summed E-state index contributed by atoms with van der Waals surface area (Å²) in [6, 6.07) is 6.69. The van der Waals surface area contributed by atoms with Crippen molar-refractivity contribution >= 4 is 53.8 Å². The first-order valence-corrected chi connectivity index (χ1v) is 11.4. The molecule has 0 unspecified atom stereocenters. The van der Waals surface area contributed by atoms with Crippen LogP contribution < -0.4 is 10.5 Å². The van der Waals surface area contributed by atoms with E-state index in [1.54, 1.807) is 0 Å². The standard InChI is InChI=1S/C17H14N6O8S2/c1-31-10-2-3-11(13(7-10)32(25,26)27)20-22-16-14(33(28,29)30)5-8-4-9(18)6-12(21-23-19)15(8)17(16)24/h2-7,24H,18H2,1H3,(H,25,26,27)(H,28,29,30). The fraction of sp³-hybridized carbons (Fsp3) is 0.0588. The van der Waals surface area contributed by atoms with Crippen LogP contribution in [0.1, 0.15) is 0 Å². The number of phenols is 1. The topological polar surface area (TPSA) is 238 Å². The Bertz CT molecular complexity index is 1580. The molecule has 0 amide bonds. The summed E-state index contributed by atoms with van der Waals surface area (Å²) in [7, 11) is -8.54. The van der Waals surface area contributed by atoms with Crippen LogP contribution in [0.25, 0.3) is 21.2 Å². The molecule has 0 atom stereocenters. The quantitative estimate of drug-likeness (QED) is 0.127. The Hall–Kier alpha value is -3.95. The number of nitrogen functional groups attached to an aromatic ring is 1. The van der Waals surface area contributed by atoms with Crippen LogP contribution in [0.3, 0.4) is 0 Å². The molecule has 14 nitrogen and oxygen atoms in total. The number of azo groups is 1. The molecule has 0 aliphatic carbocycles. The second-order valence-electron chi connectivity index (χ2n) is 6.38. The number of ether oxygens (including phenoxy) is 1. The number of hydrogen-bond donors (Lipinski definition) is 4. The normalized spacial score (nSPS) is 12.1. The number of rotatable bonds is 6. The predicted molar refractivity (Wildman–Crippen MR) is 116 cm³/mol. The Labute approximate surface area is 186 Å². The number of azide groups is 1. The molecule has 0 spiro atoms. The maximum absolute atomic E-state index is 11.9. The maximum atomic E-state index is 11.9. The Balaban J connectivity index is 2.37. The molecule has 0 aliphatic rings. The molecule has 0 fully saturated rings. The van der Waals surface area contributed by atoms with Crippen LogP contribution in [-0.4, -0.2) is 38.2 Å². The van der Waals surface area contributed by atoms with E-state index in [-0.39, 0.29) is 27.9 Å². The van der Waals surface area contributed by atoms with E-state index >= 15 is 0 Å². The molecule has 0 radical (unpaired) electrons. The van der Waals surface area contributed by atoms with E-state index in [9.17, 15) is 31.0 Å². The van der Waals surface area contributed by atoms with Gasteiger partial charge in [-0.2, -0.15) is 16.8 Å². The Morgan fingerprint density at radius 1 is 0.970 bits per heavy atom. The highest BCUT2D eigenvalue weighted by atomic mass is 32.2. The molecule has 3 aromatic rings. The van der Waals surface area contributed by atoms with Crippen LogP contribution >= 0.6 is 0 Å². The highest BCUT2D eigenvalue weighted by molar-refractivity contribution is 7.86. The number of hydrogen-bond acceptors (Lipinski definition) is 10. The van der Waals surface area contributed by atoms with Gasteiger partial charge in [0.2, 0.25) is 0 Å². The molecule has 0 aromatic heterocycles. The van der Waals surface area contributed by atoms with Gasteiger partial charge in [-0.3, -0.25) is 9.11 Å². The summed E-state index contributed by atoms with van der Waals surface area (Å²) in [6.07, 6.45) is 0. The number of nitrogens with zero attached hydrogens (tertiary/aromatic N) is 5. The van der Waals surface area contributed by atoms with Crippen molar-refractivity contribution in [3.05, 3.63) is 46.8 Å². The van der Waals surface area contributed by atoms with E-state index in [1.807, 2.05) is 0 Å². The molecule has 5 N–H and O–H groups in total. The lowest BCUT2D eigenvalue weighted by Crippen LogP contribution is -2.00. The second kappa shape index (κ2) is 8.53. The predicted octanol–water partition coefficient (Wildman–Crippen LogP) is 3.99. The summed E-state index contributed by atoms with van der Waals surface area (Å²) in [4.78, 5) is 1.00. The van der Waals surface area contributed by atoms with E-state index < -0.39 is 47.2 Å². The van der Waals surface area contributed by atoms with Crippen LogP contribution in [0.15, 0.2) is 61.5 Å². The number of fused-ring (bicyclic) bond motifs is 1. The van der Waals surface area contributed by atoms with Crippen molar-refractivity contribution < 1.29 is 35.8 Å². The lowest BCUT2D eigenvalue weighted by atomic mass is 10.1. The second-order valence-corrected chi connectivity index (χ2v) is 9.16. The number of phenolic OH excluding ortho intramolecular Hbond substituents is 1. The zero-order valence-corrected chi connectivity index (χ0v) is 18.1. The Morgan fingerprint density at radius 2 is 1.64 bits per heavy atom. The van der Waals surface area contributed by atoms with Crippen LogP contribution in [0.2, 0.25) is 0 Å². The van der Waals surface area contributed by atoms with Gasteiger partial charge in [-0.15, -0.1) is 10.2 Å². The van der Waals surface area contributed by atoms with Gasteiger partial charge in [0.15, 0.2) is 5.75 Å². The SMILES string of the molecule is COc1ccc(N=Nc2c(S(=O)(=O)O)cc3cc(N)cc(N=[N+]=[N-])c3c2O)c(S(=O)(=O)O)c1. The third-order valence-electron chi connectivity index (χ3n) is 4.28. The lowest BCUT2D eigenvalue weighted by molar-refractivity contribution is 0.412. The van der Waals surface area contributed by atoms with Crippen LogP contribution in [0, 0.1) is 0 Å². The summed E-state index contributed by atoms with van der Waals surface area (Å²) >= 11 is 0. The molecular weight excluding hydrogens is 480 g/mol. The average molecular weight is 494 g/mol. The van der Waals surface area contributed by atoms with Crippen molar-refractivity contribution in [3.8, 4) is 11.5 Å². The van der Waals surface area contributed by atoms with Crippen LogP contribution in [0.5, 0.6) is 11.5 Å². The Kier molecular flexibility index (Phi) is 6.13. The molecule has 172 valence electrons. The summed E-state index contributed by atoms with van der Waals surface area (Å²) < 4.78 is 71.3. The zero-order chi connectivity index (χ0) is 24.6. The molecule has 3 aromatic carbocycles. The smallest absolute Gasteiger partial charge is 0.296 e. The van der Waals surface area contributed by atoms with Gasteiger partial charge in [0.25, 0.3) is 20.2 Å². The van der Waals surface area contributed by atoms with Crippen molar-refractivity contribution in [3.63, 3.8) is 0 Å². The summed E-state index contributed by atoms with van der Waals surface area (Å²) in [6.45, 7) is 0. The average Bonchev–Trinajstić information content (AvgIpc) is 2.71. The molecular formula is C17H14N6O8S2. The van der Waals surface area contributed by atoms with Crippen LogP contribution in [0.4, 0.5) is 22.7 Å². The number of benzene rings is 3. The van der Waals surface area contributed by atoms with Gasteiger partial charge in [-0.1, -0.05) is 5.11 Å². The van der Waals surface area contributed by atoms with E-state index in [0.717, 1.165) is 18.2 Å². The summed E-state index contributed by atoms with van der Waals surface area (Å²) in [5, 5.41) is 21.2. The minimum atomic E-state index is -4.98. The van der Waals surface area contributed by atoms with Gasteiger partial charge in [0, 0.05) is 22.1 Å². The first-order chi connectivity index (χ1) is 15.4.